The predicted octanol–water partition coefficient (Wildman–Crippen LogP) is 2.11. The molecule has 0 bridgehead atoms. The van der Waals surface area contributed by atoms with Crippen molar-refractivity contribution in [3.8, 4) is 0 Å². The topological polar surface area (TPSA) is 298 Å². The number of carbonyl (C=O) groups excluding carboxylic acids is 7. The lowest BCUT2D eigenvalue weighted by Gasteiger charge is -2.64. The van der Waals surface area contributed by atoms with Crippen molar-refractivity contribution in [1.29, 1.82) is 0 Å². The van der Waals surface area contributed by atoms with Crippen molar-refractivity contribution in [3.63, 3.8) is 0 Å². The third-order valence-corrected chi connectivity index (χ3v) is 11.7. The summed E-state index contributed by atoms with van der Waals surface area (Å²) in [5.74, 6) is -14.2. The van der Waals surface area contributed by atoms with E-state index >= 15 is 24.0 Å². The van der Waals surface area contributed by atoms with Crippen LogP contribution in [-0.4, -0.2) is 148 Å². The van der Waals surface area contributed by atoms with Crippen molar-refractivity contribution in [2.45, 2.75) is 210 Å². The summed E-state index contributed by atoms with van der Waals surface area (Å²) in [6.45, 7) is 24.9. The van der Waals surface area contributed by atoms with E-state index in [0.717, 1.165) is 0 Å². The fraction of sp³-hybridized carbons (Fsp3) is 0.851. The first-order chi connectivity index (χ1) is 28.4. The average molecular weight is 931 g/mol. The van der Waals surface area contributed by atoms with E-state index < -0.39 is 150 Å². The maximum atomic E-state index is 15.9. The second kappa shape index (κ2) is 17.2. The Bertz CT molecular complexity index is 1880. The van der Waals surface area contributed by atoms with Crippen LogP contribution in [0.4, 0.5) is 0 Å². The smallest absolute Gasteiger partial charge is 0.312 e. The second-order valence-electron chi connectivity index (χ2n) is 24.9. The Kier molecular flexibility index (Phi) is 15.4. The summed E-state index contributed by atoms with van der Waals surface area (Å²) in [5.41, 5.74) is -28.3. The minimum Gasteiger partial charge on any atom is -0.439 e. The van der Waals surface area contributed by atoms with Crippen molar-refractivity contribution < 1.29 is 88.3 Å². The van der Waals surface area contributed by atoms with Crippen molar-refractivity contribution in [2.75, 3.05) is 6.61 Å². The van der Waals surface area contributed by atoms with Gasteiger partial charge in [0.2, 0.25) is 5.60 Å². The molecule has 2 saturated heterocycles. The zero-order chi connectivity index (χ0) is 52.0. The van der Waals surface area contributed by atoms with Gasteiger partial charge in [0.15, 0.2) is 52.2 Å². The molecule has 0 aromatic carbocycles. The minimum absolute atomic E-state index is 1.21. The number of ketones is 6. The standard InChI is InChI=1S/C47H78O18/c1-36(2,3)29(54)43(61)27(52)28(53)62-23(22-48)44(43,30(55)37(4,5)6)64-47(34(59)41(16,17)18)26(51)24(49)25(50)45(65-47,31(56)38(7,8)9)46(32(57)39(10,11)12,33(58)40(13,14)15)63-35(60)42(19,20)21/h23-28,48-53,61H,22H2,1-21H3/t23-,24+,25-,26-,27+,28+,43+,44+,45-,47+/m1/s1. The fourth-order valence-corrected chi connectivity index (χ4v) is 8.33. The highest BCUT2D eigenvalue weighted by molar-refractivity contribution is 6.21. The van der Waals surface area contributed by atoms with Gasteiger partial charge in [-0.3, -0.25) is 33.6 Å². The molecule has 0 spiro atoms. The predicted molar refractivity (Wildman–Crippen MR) is 232 cm³/mol. The normalized spacial score (nSPS) is 32.4. The third kappa shape index (κ3) is 9.22. The lowest BCUT2D eigenvalue weighted by atomic mass is 9.56. The molecule has 2 aliphatic rings. The number of aliphatic hydroxyl groups excluding tert-OH is 6. The van der Waals surface area contributed by atoms with Gasteiger partial charge >= 0.3 is 5.97 Å². The molecular weight excluding hydrogens is 852 g/mol. The van der Waals surface area contributed by atoms with Crippen LogP contribution in [0.25, 0.3) is 0 Å². The van der Waals surface area contributed by atoms with Gasteiger partial charge in [0.25, 0.3) is 11.4 Å². The van der Waals surface area contributed by atoms with Crippen LogP contribution in [0.2, 0.25) is 0 Å². The van der Waals surface area contributed by atoms with Gasteiger partial charge in [0.1, 0.15) is 30.5 Å². The van der Waals surface area contributed by atoms with Crippen molar-refractivity contribution >= 4 is 40.7 Å². The second-order valence-corrected chi connectivity index (χ2v) is 24.9. The first-order valence-electron chi connectivity index (χ1n) is 21.8. The van der Waals surface area contributed by atoms with Crippen LogP contribution < -0.4 is 0 Å². The van der Waals surface area contributed by atoms with Crippen LogP contribution in [0.15, 0.2) is 0 Å². The van der Waals surface area contributed by atoms with Crippen LogP contribution >= 0.6 is 0 Å². The Morgan fingerprint density at radius 3 is 1.22 bits per heavy atom. The highest BCUT2D eigenvalue weighted by Gasteiger charge is 2.85. The lowest BCUT2D eigenvalue weighted by molar-refractivity contribution is -0.432. The van der Waals surface area contributed by atoms with Crippen molar-refractivity contribution in [3.05, 3.63) is 0 Å². The number of Topliss-reactive ketones (excluding diaryl/α,β-unsaturated/α-hetero) is 6. The summed E-state index contributed by atoms with van der Waals surface area (Å²) < 4.78 is 25.0. The van der Waals surface area contributed by atoms with Crippen LogP contribution in [0, 0.1) is 37.9 Å². The maximum absolute atomic E-state index is 15.9. The van der Waals surface area contributed by atoms with Crippen LogP contribution in [0.1, 0.15) is 145 Å². The largest absolute Gasteiger partial charge is 0.439 e. The summed E-state index contributed by atoms with van der Waals surface area (Å²) in [5, 5.41) is 85.0. The van der Waals surface area contributed by atoms with E-state index in [4.69, 9.17) is 18.9 Å². The molecule has 2 rings (SSSR count). The monoisotopic (exact) mass is 931 g/mol. The first-order valence-corrected chi connectivity index (χ1v) is 21.8. The zero-order valence-electron chi connectivity index (χ0n) is 42.3. The molecule has 65 heavy (non-hydrogen) atoms. The highest BCUT2D eigenvalue weighted by Crippen LogP contribution is 2.58. The number of esters is 1. The molecule has 374 valence electrons. The number of hydrogen-bond donors (Lipinski definition) is 7. The average Bonchev–Trinajstić information content (AvgIpc) is 3.12. The van der Waals surface area contributed by atoms with Gasteiger partial charge in [-0.25, -0.2) is 0 Å². The SMILES string of the molecule is CC(C)(C)C(=O)OC(C(=O)C(C)(C)C)(C(=O)C(C)(C)C)[C@@]1(C(=O)C(C)(C)C)O[C@](O[C@]2(C(=O)C(C)(C)C)[C@@H](CO)O[C@H](O)[C@H](O)[C@]2(O)C(=O)C(C)(C)C)(C(=O)C(C)(C)C)[C@H](O)[C@@H](O)[C@H]1O. The molecular formula is C47H78O18. The molecule has 7 N–H and O–H groups in total. The number of carbonyl (C=O) groups is 7. The molecule has 0 radical (unpaired) electrons. The Balaban J connectivity index is 3.87. The molecule has 10 atom stereocenters. The fourth-order valence-electron chi connectivity index (χ4n) is 8.33. The van der Waals surface area contributed by atoms with Gasteiger partial charge in [-0.15, -0.1) is 0 Å². The van der Waals surface area contributed by atoms with Gasteiger partial charge in [-0.05, 0) is 20.8 Å². The Morgan fingerprint density at radius 2 is 0.892 bits per heavy atom. The molecule has 0 saturated carbocycles. The van der Waals surface area contributed by atoms with Crippen LogP contribution in [0.3, 0.4) is 0 Å². The maximum Gasteiger partial charge on any atom is 0.312 e. The number of rotatable bonds is 11. The molecule has 18 nitrogen and oxygen atoms in total. The highest BCUT2D eigenvalue weighted by atomic mass is 16.8. The molecule has 2 heterocycles. The summed E-state index contributed by atoms with van der Waals surface area (Å²) in [6.07, 6.45) is -17.1. The molecule has 0 aromatic heterocycles. The van der Waals surface area contributed by atoms with E-state index in [1.165, 1.54) is 145 Å². The Labute approximate surface area is 383 Å². The number of aliphatic hydroxyl groups is 7. The summed E-state index contributed by atoms with van der Waals surface area (Å²) in [4.78, 5) is 108. The Morgan fingerprint density at radius 1 is 0.508 bits per heavy atom. The van der Waals surface area contributed by atoms with Gasteiger partial charge < -0.3 is 54.7 Å². The van der Waals surface area contributed by atoms with E-state index in [0.29, 0.717) is 0 Å². The molecule has 0 aliphatic carbocycles. The summed E-state index contributed by atoms with van der Waals surface area (Å²) >= 11 is 0. The van der Waals surface area contributed by atoms with Gasteiger partial charge in [-0.2, -0.15) is 0 Å². The van der Waals surface area contributed by atoms with E-state index in [1.807, 2.05) is 0 Å². The van der Waals surface area contributed by atoms with Gasteiger partial charge in [0, 0.05) is 32.5 Å². The number of hydrogen-bond acceptors (Lipinski definition) is 18. The molecule has 18 heteroatoms. The zero-order valence-corrected chi connectivity index (χ0v) is 42.3. The molecule has 0 aromatic rings. The van der Waals surface area contributed by atoms with E-state index in [-0.39, 0.29) is 0 Å². The third-order valence-electron chi connectivity index (χ3n) is 11.7. The first kappa shape index (κ1) is 58.2. The quantitative estimate of drug-likeness (QED) is 0.115. The minimum atomic E-state index is -4.03. The van der Waals surface area contributed by atoms with Crippen LogP contribution in [0.5, 0.6) is 0 Å². The van der Waals surface area contributed by atoms with Crippen molar-refractivity contribution in [1.82, 2.24) is 0 Å². The number of ether oxygens (including phenoxy) is 4. The molecule has 0 unspecified atom stereocenters. The Hall–Kier alpha value is -2.91. The summed E-state index contributed by atoms with van der Waals surface area (Å²) in [7, 11) is 0. The lowest BCUT2D eigenvalue weighted by Crippen LogP contribution is -2.90. The van der Waals surface area contributed by atoms with Gasteiger partial charge in [0.05, 0.1) is 12.0 Å². The van der Waals surface area contributed by atoms with E-state index in [1.54, 1.807) is 0 Å². The van der Waals surface area contributed by atoms with E-state index in [9.17, 15) is 45.3 Å². The molecule has 0 amide bonds. The summed E-state index contributed by atoms with van der Waals surface area (Å²) in [6, 6.07) is 0. The molecule has 2 fully saturated rings. The van der Waals surface area contributed by atoms with Gasteiger partial charge in [-0.1, -0.05) is 125 Å². The van der Waals surface area contributed by atoms with Crippen molar-refractivity contribution in [2.24, 2.45) is 37.9 Å². The van der Waals surface area contributed by atoms with E-state index in [2.05, 4.69) is 0 Å². The molecule has 2 aliphatic heterocycles. The van der Waals surface area contributed by atoms with Crippen LogP contribution in [-0.2, 0) is 52.5 Å².